The topological polar surface area (TPSA) is 55.3 Å². The molecular formula is C14H21N3O2. The van der Waals surface area contributed by atoms with Crippen molar-refractivity contribution in [1.82, 2.24) is 14.9 Å². The molecule has 0 aliphatic carbocycles. The molecule has 1 aromatic heterocycles. The fourth-order valence-electron chi connectivity index (χ4n) is 2.19. The number of amides is 1. The molecule has 0 saturated carbocycles. The molecule has 104 valence electrons. The number of hydrogen-bond donors (Lipinski definition) is 0. The molecule has 1 fully saturated rings. The summed E-state index contributed by atoms with van der Waals surface area (Å²) in [5, 5.41) is 0. The predicted octanol–water partition coefficient (Wildman–Crippen LogP) is 2.28. The highest BCUT2D eigenvalue weighted by Crippen LogP contribution is 2.21. The molecule has 5 nitrogen and oxygen atoms in total. The van der Waals surface area contributed by atoms with Crippen LogP contribution in [-0.4, -0.2) is 39.7 Å². The molecule has 1 aliphatic rings. The third kappa shape index (κ3) is 4.19. The summed E-state index contributed by atoms with van der Waals surface area (Å²) in [6.07, 6.45) is 5.09. The highest BCUT2D eigenvalue weighted by Gasteiger charge is 2.30. The van der Waals surface area contributed by atoms with Crippen molar-refractivity contribution in [3.63, 3.8) is 0 Å². The molecule has 1 unspecified atom stereocenters. The molecule has 2 heterocycles. The maximum Gasteiger partial charge on any atom is 0.410 e. The number of hydrogen-bond acceptors (Lipinski definition) is 4. The summed E-state index contributed by atoms with van der Waals surface area (Å²) in [7, 11) is 0. The minimum Gasteiger partial charge on any atom is -0.444 e. The smallest absolute Gasteiger partial charge is 0.410 e. The van der Waals surface area contributed by atoms with Crippen molar-refractivity contribution in [3.05, 3.63) is 24.3 Å². The van der Waals surface area contributed by atoms with Crippen LogP contribution in [0.1, 0.15) is 33.0 Å². The Morgan fingerprint density at radius 3 is 2.74 bits per heavy atom. The van der Waals surface area contributed by atoms with Gasteiger partial charge in [-0.25, -0.2) is 14.8 Å². The van der Waals surface area contributed by atoms with Crippen LogP contribution in [0.15, 0.2) is 18.5 Å². The van der Waals surface area contributed by atoms with Gasteiger partial charge in [0.15, 0.2) is 0 Å². The van der Waals surface area contributed by atoms with E-state index >= 15 is 0 Å². The average molecular weight is 263 g/mol. The third-order valence-electron chi connectivity index (χ3n) is 3.03. The molecule has 0 bridgehead atoms. The van der Waals surface area contributed by atoms with Crippen LogP contribution in [0.5, 0.6) is 0 Å². The van der Waals surface area contributed by atoms with Gasteiger partial charge in [-0.15, -0.1) is 0 Å². The van der Waals surface area contributed by atoms with E-state index < -0.39 is 5.60 Å². The van der Waals surface area contributed by atoms with Crippen molar-refractivity contribution in [2.45, 2.75) is 39.2 Å². The van der Waals surface area contributed by atoms with E-state index in [4.69, 9.17) is 4.74 Å². The first kappa shape index (κ1) is 13.8. The second-order valence-corrected chi connectivity index (χ2v) is 5.95. The molecule has 2 rings (SSSR count). The normalized spacial score (nSPS) is 19.5. The fourth-order valence-corrected chi connectivity index (χ4v) is 2.19. The number of carbonyl (C=O) groups is 1. The molecule has 1 saturated heterocycles. The molecule has 0 radical (unpaired) electrons. The number of likely N-dealkylation sites (tertiary alicyclic amines) is 1. The van der Waals surface area contributed by atoms with Gasteiger partial charge < -0.3 is 9.64 Å². The van der Waals surface area contributed by atoms with Gasteiger partial charge >= 0.3 is 6.09 Å². The first-order valence-corrected chi connectivity index (χ1v) is 6.68. The van der Waals surface area contributed by atoms with Crippen LogP contribution in [0, 0.1) is 5.92 Å². The average Bonchev–Trinajstić information content (AvgIpc) is 2.77. The Labute approximate surface area is 114 Å². The van der Waals surface area contributed by atoms with Gasteiger partial charge in [-0.3, -0.25) is 0 Å². The van der Waals surface area contributed by atoms with Crippen LogP contribution >= 0.6 is 0 Å². The third-order valence-corrected chi connectivity index (χ3v) is 3.03. The number of aromatic nitrogens is 2. The lowest BCUT2D eigenvalue weighted by Gasteiger charge is -2.24. The molecule has 0 N–H and O–H groups in total. The highest BCUT2D eigenvalue weighted by molar-refractivity contribution is 5.68. The summed E-state index contributed by atoms with van der Waals surface area (Å²) in [5.74, 6) is 1.27. The fraction of sp³-hybridized carbons (Fsp3) is 0.643. The summed E-state index contributed by atoms with van der Waals surface area (Å²) < 4.78 is 5.38. The van der Waals surface area contributed by atoms with E-state index in [0.717, 1.165) is 31.8 Å². The lowest BCUT2D eigenvalue weighted by molar-refractivity contribution is 0.0288. The molecule has 1 aromatic rings. The van der Waals surface area contributed by atoms with Crippen molar-refractivity contribution in [3.8, 4) is 0 Å². The molecule has 0 spiro atoms. The quantitative estimate of drug-likeness (QED) is 0.821. The lowest BCUT2D eigenvalue weighted by atomic mass is 10.0. The molecule has 1 amide bonds. The molecule has 19 heavy (non-hydrogen) atoms. The zero-order chi connectivity index (χ0) is 13.9. The van der Waals surface area contributed by atoms with Gasteiger partial charge in [0.25, 0.3) is 0 Å². The lowest BCUT2D eigenvalue weighted by Crippen LogP contribution is -2.35. The van der Waals surface area contributed by atoms with Gasteiger partial charge in [0.2, 0.25) is 0 Å². The summed E-state index contributed by atoms with van der Waals surface area (Å²) in [6.45, 7) is 7.14. The van der Waals surface area contributed by atoms with Crippen molar-refractivity contribution in [2.24, 2.45) is 5.92 Å². The van der Waals surface area contributed by atoms with Crippen LogP contribution in [-0.2, 0) is 11.2 Å². The standard InChI is InChI=1S/C14H21N3O2/c1-14(2,3)19-13(18)17-8-5-11(10-17)9-12-15-6-4-7-16-12/h4,6-7,11H,5,8-10H2,1-3H3. The first-order valence-electron chi connectivity index (χ1n) is 6.68. The molecular weight excluding hydrogens is 242 g/mol. The van der Waals surface area contributed by atoms with Gasteiger partial charge in [0.05, 0.1) is 0 Å². The summed E-state index contributed by atoms with van der Waals surface area (Å²) >= 11 is 0. The Bertz CT molecular complexity index is 428. The molecule has 1 atom stereocenters. The van der Waals surface area contributed by atoms with Crippen molar-refractivity contribution < 1.29 is 9.53 Å². The van der Waals surface area contributed by atoms with Gasteiger partial charge in [0.1, 0.15) is 11.4 Å². The van der Waals surface area contributed by atoms with E-state index in [-0.39, 0.29) is 6.09 Å². The van der Waals surface area contributed by atoms with E-state index in [2.05, 4.69) is 9.97 Å². The maximum absolute atomic E-state index is 11.9. The maximum atomic E-state index is 11.9. The van der Waals surface area contributed by atoms with Crippen molar-refractivity contribution in [2.75, 3.05) is 13.1 Å². The van der Waals surface area contributed by atoms with Gasteiger partial charge in [-0.2, -0.15) is 0 Å². The Morgan fingerprint density at radius 2 is 2.11 bits per heavy atom. The van der Waals surface area contributed by atoms with Crippen LogP contribution in [0.25, 0.3) is 0 Å². The molecule has 1 aliphatic heterocycles. The highest BCUT2D eigenvalue weighted by atomic mass is 16.6. The van der Waals surface area contributed by atoms with E-state index in [0.29, 0.717) is 5.92 Å². The minimum absolute atomic E-state index is 0.219. The van der Waals surface area contributed by atoms with Crippen molar-refractivity contribution >= 4 is 6.09 Å². The van der Waals surface area contributed by atoms with E-state index in [9.17, 15) is 4.79 Å². The van der Waals surface area contributed by atoms with Crippen LogP contribution in [0.4, 0.5) is 4.79 Å². The minimum atomic E-state index is -0.433. The number of carbonyl (C=O) groups excluding carboxylic acids is 1. The number of nitrogens with zero attached hydrogens (tertiary/aromatic N) is 3. The SMILES string of the molecule is CC(C)(C)OC(=O)N1CCC(Cc2ncccn2)C1. The van der Waals surface area contributed by atoms with Gasteiger partial charge in [-0.05, 0) is 39.2 Å². The van der Waals surface area contributed by atoms with E-state index in [1.165, 1.54) is 0 Å². The van der Waals surface area contributed by atoms with Crippen LogP contribution in [0.3, 0.4) is 0 Å². The van der Waals surface area contributed by atoms with Crippen LogP contribution < -0.4 is 0 Å². The number of ether oxygens (including phenoxy) is 1. The largest absolute Gasteiger partial charge is 0.444 e. The summed E-state index contributed by atoms with van der Waals surface area (Å²) in [6, 6.07) is 1.81. The van der Waals surface area contributed by atoms with Crippen LogP contribution in [0.2, 0.25) is 0 Å². The summed E-state index contributed by atoms with van der Waals surface area (Å²) in [5.41, 5.74) is -0.433. The van der Waals surface area contributed by atoms with Gasteiger partial charge in [0, 0.05) is 31.9 Å². The van der Waals surface area contributed by atoms with Crippen molar-refractivity contribution in [1.29, 1.82) is 0 Å². The zero-order valence-corrected chi connectivity index (χ0v) is 11.8. The van der Waals surface area contributed by atoms with Gasteiger partial charge in [-0.1, -0.05) is 0 Å². The molecule has 5 heteroatoms. The Morgan fingerprint density at radius 1 is 1.42 bits per heavy atom. The zero-order valence-electron chi connectivity index (χ0n) is 11.8. The Balaban J connectivity index is 1.85. The Kier molecular flexibility index (Phi) is 4.02. The predicted molar refractivity (Wildman–Crippen MR) is 71.7 cm³/mol. The van der Waals surface area contributed by atoms with E-state index in [1.54, 1.807) is 17.3 Å². The Hall–Kier alpha value is -1.65. The second-order valence-electron chi connectivity index (χ2n) is 5.95. The monoisotopic (exact) mass is 263 g/mol. The summed E-state index contributed by atoms with van der Waals surface area (Å²) in [4.78, 5) is 22.2. The second kappa shape index (κ2) is 5.55. The number of rotatable bonds is 2. The molecule has 0 aromatic carbocycles. The first-order chi connectivity index (χ1) is 8.94. The van der Waals surface area contributed by atoms with E-state index in [1.807, 2.05) is 26.8 Å².